The SMILES string of the molecule is Cn1ccc(C2CCCN(S(=O)(=O)c3cccc(F)c3)C2)n1. The molecular weight excluding hydrogens is 305 g/mol. The first-order valence-electron chi connectivity index (χ1n) is 7.22. The van der Waals surface area contributed by atoms with Gasteiger partial charge in [0.05, 0.1) is 10.6 Å². The third kappa shape index (κ3) is 2.91. The molecule has 3 rings (SSSR count). The van der Waals surface area contributed by atoms with E-state index in [1.54, 1.807) is 4.68 Å². The molecule has 5 nitrogen and oxygen atoms in total. The van der Waals surface area contributed by atoms with Gasteiger partial charge in [0.25, 0.3) is 0 Å². The molecule has 0 spiro atoms. The molecule has 0 aliphatic carbocycles. The van der Waals surface area contributed by atoms with E-state index in [1.165, 1.54) is 22.5 Å². The van der Waals surface area contributed by atoms with Crippen molar-refractivity contribution < 1.29 is 12.8 Å². The van der Waals surface area contributed by atoms with Gasteiger partial charge in [-0.2, -0.15) is 9.40 Å². The summed E-state index contributed by atoms with van der Waals surface area (Å²) in [4.78, 5) is 0.00849. The molecule has 0 radical (unpaired) electrons. The number of sulfonamides is 1. The van der Waals surface area contributed by atoms with E-state index in [4.69, 9.17) is 0 Å². The van der Waals surface area contributed by atoms with Gasteiger partial charge in [0.1, 0.15) is 5.82 Å². The van der Waals surface area contributed by atoms with E-state index < -0.39 is 15.8 Å². The van der Waals surface area contributed by atoms with Crippen LogP contribution in [0.3, 0.4) is 0 Å². The van der Waals surface area contributed by atoms with Gasteiger partial charge < -0.3 is 0 Å². The molecule has 0 amide bonds. The molecule has 1 aliphatic rings. The van der Waals surface area contributed by atoms with Crippen LogP contribution < -0.4 is 0 Å². The lowest BCUT2D eigenvalue weighted by Gasteiger charge is -2.31. The summed E-state index contributed by atoms with van der Waals surface area (Å²) < 4.78 is 41.8. The van der Waals surface area contributed by atoms with Gasteiger partial charge in [0, 0.05) is 32.3 Å². The zero-order valence-corrected chi connectivity index (χ0v) is 13.1. The van der Waals surface area contributed by atoms with Crippen LogP contribution in [-0.4, -0.2) is 35.6 Å². The Balaban J connectivity index is 1.85. The highest BCUT2D eigenvalue weighted by Gasteiger charge is 2.31. The number of nitrogens with zero attached hydrogens (tertiary/aromatic N) is 3. The van der Waals surface area contributed by atoms with Crippen LogP contribution in [0.4, 0.5) is 4.39 Å². The maximum atomic E-state index is 13.3. The Kier molecular flexibility index (Phi) is 4.01. The number of piperidine rings is 1. The number of hydrogen-bond donors (Lipinski definition) is 0. The monoisotopic (exact) mass is 323 g/mol. The van der Waals surface area contributed by atoms with Crippen molar-refractivity contribution in [3.63, 3.8) is 0 Å². The number of halogens is 1. The first-order chi connectivity index (χ1) is 10.5. The van der Waals surface area contributed by atoms with E-state index in [0.29, 0.717) is 13.1 Å². The highest BCUT2D eigenvalue weighted by molar-refractivity contribution is 7.89. The summed E-state index contributed by atoms with van der Waals surface area (Å²) in [6, 6.07) is 7.08. The molecule has 0 bridgehead atoms. The average Bonchev–Trinajstić information content (AvgIpc) is 2.94. The van der Waals surface area contributed by atoms with Crippen molar-refractivity contribution >= 4 is 10.0 Å². The molecule has 0 N–H and O–H groups in total. The van der Waals surface area contributed by atoms with Gasteiger partial charge in [-0.3, -0.25) is 4.68 Å². The van der Waals surface area contributed by atoms with Gasteiger partial charge in [-0.1, -0.05) is 6.07 Å². The lowest BCUT2D eigenvalue weighted by atomic mass is 9.96. The summed E-state index contributed by atoms with van der Waals surface area (Å²) >= 11 is 0. The Labute approximate surface area is 129 Å². The number of aryl methyl sites for hydroxylation is 1. The standard InChI is InChI=1S/C15H18FN3O2S/c1-18-9-7-15(17-18)12-4-3-8-19(11-12)22(20,21)14-6-2-5-13(16)10-14/h2,5-7,9-10,12H,3-4,8,11H2,1H3. The second kappa shape index (κ2) is 5.81. The molecule has 22 heavy (non-hydrogen) atoms. The topological polar surface area (TPSA) is 55.2 Å². The summed E-state index contributed by atoms with van der Waals surface area (Å²) in [6.45, 7) is 0.845. The highest BCUT2D eigenvalue weighted by atomic mass is 32.2. The summed E-state index contributed by atoms with van der Waals surface area (Å²) in [5.41, 5.74) is 0.904. The first kappa shape index (κ1) is 15.2. The largest absolute Gasteiger partial charge is 0.276 e. The maximum absolute atomic E-state index is 13.3. The molecule has 118 valence electrons. The van der Waals surface area contributed by atoms with Gasteiger partial charge in [0.2, 0.25) is 10.0 Å². The minimum absolute atomic E-state index is 0.00849. The van der Waals surface area contributed by atoms with Crippen LogP contribution in [0, 0.1) is 5.82 Å². The van der Waals surface area contributed by atoms with Crippen molar-refractivity contribution in [1.82, 2.24) is 14.1 Å². The lowest BCUT2D eigenvalue weighted by Crippen LogP contribution is -2.39. The van der Waals surface area contributed by atoms with Crippen molar-refractivity contribution in [2.24, 2.45) is 7.05 Å². The van der Waals surface area contributed by atoms with Gasteiger partial charge in [-0.15, -0.1) is 0 Å². The summed E-state index contributed by atoms with van der Waals surface area (Å²) in [6.07, 6.45) is 3.54. The van der Waals surface area contributed by atoms with Crippen molar-refractivity contribution in [3.8, 4) is 0 Å². The van der Waals surface area contributed by atoms with Crippen LogP contribution >= 0.6 is 0 Å². The van der Waals surface area contributed by atoms with Gasteiger partial charge in [0.15, 0.2) is 0 Å². The van der Waals surface area contributed by atoms with E-state index in [-0.39, 0.29) is 10.8 Å². The molecule has 1 atom stereocenters. The summed E-state index contributed by atoms with van der Waals surface area (Å²) in [5.74, 6) is -0.461. The highest BCUT2D eigenvalue weighted by Crippen LogP contribution is 2.29. The predicted octanol–water partition coefficient (Wildman–Crippen LogP) is 2.13. The molecule has 0 saturated carbocycles. The molecule has 1 fully saturated rings. The Bertz CT molecular complexity index is 773. The van der Waals surface area contributed by atoms with Crippen molar-refractivity contribution in [1.29, 1.82) is 0 Å². The fourth-order valence-electron chi connectivity index (χ4n) is 2.83. The molecule has 1 aliphatic heterocycles. The molecule has 1 aromatic heterocycles. The fourth-order valence-corrected chi connectivity index (χ4v) is 4.39. The van der Waals surface area contributed by atoms with E-state index >= 15 is 0 Å². The summed E-state index contributed by atoms with van der Waals surface area (Å²) in [7, 11) is -1.82. The van der Waals surface area contributed by atoms with E-state index in [0.717, 1.165) is 24.6 Å². The van der Waals surface area contributed by atoms with Crippen molar-refractivity contribution in [3.05, 3.63) is 48.0 Å². The Morgan fingerprint density at radius 3 is 2.82 bits per heavy atom. The van der Waals surface area contributed by atoms with Crippen LogP contribution in [0.5, 0.6) is 0 Å². The summed E-state index contributed by atoms with van der Waals surface area (Å²) in [5, 5.41) is 4.37. The number of rotatable bonds is 3. The van der Waals surface area contributed by atoms with Gasteiger partial charge in [-0.25, -0.2) is 12.8 Å². The molecule has 1 aromatic carbocycles. The number of benzene rings is 1. The molecule has 2 heterocycles. The second-order valence-corrected chi connectivity index (χ2v) is 7.51. The quantitative estimate of drug-likeness (QED) is 0.869. The molecule has 7 heteroatoms. The average molecular weight is 323 g/mol. The van der Waals surface area contributed by atoms with Crippen LogP contribution in [0.1, 0.15) is 24.5 Å². The zero-order valence-electron chi connectivity index (χ0n) is 12.3. The maximum Gasteiger partial charge on any atom is 0.243 e. The lowest BCUT2D eigenvalue weighted by molar-refractivity contribution is 0.311. The fraction of sp³-hybridized carbons (Fsp3) is 0.400. The van der Waals surface area contributed by atoms with Crippen LogP contribution in [0.2, 0.25) is 0 Å². The van der Waals surface area contributed by atoms with Crippen molar-refractivity contribution in [2.75, 3.05) is 13.1 Å². The minimum atomic E-state index is -3.66. The second-order valence-electron chi connectivity index (χ2n) is 5.57. The zero-order chi connectivity index (χ0) is 15.7. The molecule has 1 unspecified atom stereocenters. The Hall–Kier alpha value is -1.73. The predicted molar refractivity (Wildman–Crippen MR) is 80.3 cm³/mol. The Morgan fingerprint density at radius 1 is 1.32 bits per heavy atom. The van der Waals surface area contributed by atoms with Crippen LogP contribution in [0.25, 0.3) is 0 Å². The van der Waals surface area contributed by atoms with Crippen LogP contribution in [0.15, 0.2) is 41.4 Å². The normalized spacial score (nSPS) is 20.2. The Morgan fingerprint density at radius 2 is 2.14 bits per heavy atom. The minimum Gasteiger partial charge on any atom is -0.276 e. The van der Waals surface area contributed by atoms with E-state index in [9.17, 15) is 12.8 Å². The molecular formula is C15H18FN3O2S. The van der Waals surface area contributed by atoms with Crippen LogP contribution in [-0.2, 0) is 17.1 Å². The van der Waals surface area contributed by atoms with E-state index in [2.05, 4.69) is 5.10 Å². The molecule has 2 aromatic rings. The van der Waals surface area contributed by atoms with Gasteiger partial charge in [-0.05, 0) is 37.1 Å². The third-order valence-electron chi connectivity index (χ3n) is 3.97. The first-order valence-corrected chi connectivity index (χ1v) is 8.66. The number of aromatic nitrogens is 2. The smallest absolute Gasteiger partial charge is 0.243 e. The third-order valence-corrected chi connectivity index (χ3v) is 5.83. The van der Waals surface area contributed by atoms with E-state index in [1.807, 2.05) is 19.3 Å². The molecule has 1 saturated heterocycles. The van der Waals surface area contributed by atoms with Gasteiger partial charge >= 0.3 is 0 Å². The van der Waals surface area contributed by atoms with Crippen molar-refractivity contribution in [2.45, 2.75) is 23.7 Å². The number of hydrogen-bond acceptors (Lipinski definition) is 3.